The minimum absolute atomic E-state index is 0.211. The summed E-state index contributed by atoms with van der Waals surface area (Å²) in [6.07, 6.45) is -6.24. The van der Waals surface area contributed by atoms with Crippen LogP contribution in [0.4, 0.5) is 70.2 Å². The molecule has 6 aromatic rings. The van der Waals surface area contributed by atoms with E-state index in [1.165, 1.54) is 7.14 Å². The molecule has 6 rings (SSSR count). The van der Waals surface area contributed by atoms with Crippen LogP contribution in [0, 0.1) is 100 Å². The molecule has 0 aliphatic rings. The highest BCUT2D eigenvalue weighted by molar-refractivity contribution is 7.22. The molecule has 0 N–H and O–H groups in total. The molecule has 25 heteroatoms. The third-order valence-electron chi connectivity index (χ3n) is 9.40. The van der Waals surface area contributed by atoms with Crippen LogP contribution < -0.4 is 47.8 Å². The van der Waals surface area contributed by atoms with Crippen molar-refractivity contribution in [3.63, 3.8) is 0 Å². The van der Waals surface area contributed by atoms with Gasteiger partial charge in [0.2, 0.25) is 3.57 Å². The van der Waals surface area contributed by atoms with Crippen LogP contribution in [0.25, 0.3) is 0 Å². The van der Waals surface area contributed by atoms with Gasteiger partial charge in [0.05, 0.1) is 19.8 Å². The molecule has 0 aliphatic carbocycles. The largest absolute Gasteiger partial charge is 0.486 e. The summed E-state index contributed by atoms with van der Waals surface area (Å²) < 4.78 is 257. The van der Waals surface area contributed by atoms with E-state index in [1.54, 1.807) is 7.11 Å². The summed E-state index contributed by atoms with van der Waals surface area (Å²) in [4.78, 5) is 0. The molecular weight excluding hydrogens is 1120 g/mol. The average molecular weight is 1140 g/mol. The number of benzene rings is 6. The summed E-state index contributed by atoms with van der Waals surface area (Å²) in [6.45, 7) is 2.38. The average Bonchev–Trinajstić information content (AvgIpc) is 3.31. The van der Waals surface area contributed by atoms with E-state index in [0.29, 0.717) is 26.4 Å². The quantitative estimate of drug-likeness (QED) is 0.0296. The molecule has 0 amide bonds. The molecular formula is C41H20BCl4F16IO3. The molecule has 0 unspecified atom stereocenters. The van der Waals surface area contributed by atoms with Gasteiger partial charge in [-0.1, -0.05) is 76.7 Å². The van der Waals surface area contributed by atoms with Crippen molar-refractivity contribution in [2.24, 2.45) is 0 Å². The fourth-order valence-electron chi connectivity index (χ4n) is 6.56. The van der Waals surface area contributed by atoms with Crippen molar-refractivity contribution in [3.05, 3.63) is 175 Å². The molecule has 0 aromatic heterocycles. The number of halogens is 21. The molecule has 3 nitrogen and oxygen atoms in total. The number of ether oxygens (including phenoxy) is 3. The van der Waals surface area contributed by atoms with Crippen LogP contribution in [0.5, 0.6) is 5.75 Å². The molecule has 0 spiro atoms. The van der Waals surface area contributed by atoms with Gasteiger partial charge in [-0.3, -0.25) is 0 Å². The standard InChI is InChI=1S/C24BCl4F16.C17H20IO3/c26-5-1(9(30)17(38)21(42)13(5)34)25(2-6(27)14(35)22(43)18(39)10(2)31,3-7(28)15(36)23(44)19(40)11(3)32)4-8(29)16(37)24(45)20(41)12(4)33;1-19-11-12-20-13-14-21-17-10-6-5-9-16(17)18-15-7-3-2-4-8-15/h;2-10H,11-14H2,1H3/q-1;+1. The summed E-state index contributed by atoms with van der Waals surface area (Å²) in [7, 11) is 1.67. The Balaban J connectivity index is 0.000000324. The maximum Gasteiger partial charge on any atom is 0.362 e. The lowest BCUT2D eigenvalue weighted by Crippen LogP contribution is -3.61. The zero-order valence-electron chi connectivity index (χ0n) is 32.3. The summed E-state index contributed by atoms with van der Waals surface area (Å²) in [5.74, 6) is -47.3. The molecule has 6 aromatic carbocycles. The first-order valence-electron chi connectivity index (χ1n) is 17.8. The van der Waals surface area contributed by atoms with E-state index >= 15 is 17.6 Å². The Kier molecular flexibility index (Phi) is 17.5. The number of methoxy groups -OCH3 is 1. The van der Waals surface area contributed by atoms with Crippen molar-refractivity contribution in [1.82, 2.24) is 0 Å². The van der Waals surface area contributed by atoms with Crippen molar-refractivity contribution in [2.45, 2.75) is 0 Å². The topological polar surface area (TPSA) is 27.7 Å². The van der Waals surface area contributed by atoms with Crippen molar-refractivity contribution >= 4 is 74.4 Å². The van der Waals surface area contributed by atoms with E-state index in [0.717, 1.165) is 5.75 Å². The Labute approximate surface area is 392 Å². The summed E-state index contributed by atoms with van der Waals surface area (Å²) in [5.41, 5.74) is -10.7. The highest BCUT2D eigenvalue weighted by Gasteiger charge is 2.50. The molecule has 0 atom stereocenters. The van der Waals surface area contributed by atoms with Crippen LogP contribution in [-0.2, 0) is 9.47 Å². The van der Waals surface area contributed by atoms with E-state index in [4.69, 9.17) is 60.6 Å². The van der Waals surface area contributed by atoms with Crippen LogP contribution >= 0.6 is 46.4 Å². The number of rotatable bonds is 13. The van der Waals surface area contributed by atoms with Gasteiger partial charge in [0, 0.05) is 27.2 Å². The van der Waals surface area contributed by atoms with Gasteiger partial charge in [0.15, 0.2) is 79.1 Å². The fraction of sp³-hybridized carbons (Fsp3) is 0.122. The van der Waals surface area contributed by atoms with E-state index in [-0.39, 0.29) is 21.2 Å². The van der Waals surface area contributed by atoms with Gasteiger partial charge in [0.1, 0.15) is 36.0 Å². The number of hydrogen-bond donors (Lipinski definition) is 0. The van der Waals surface area contributed by atoms with Crippen molar-refractivity contribution in [3.8, 4) is 5.75 Å². The summed E-state index contributed by atoms with van der Waals surface area (Å²) in [6, 6.07) is 18.8. The minimum atomic E-state index is -6.24. The Morgan fingerprint density at radius 2 is 0.712 bits per heavy atom. The Bertz CT molecular complexity index is 2430. The van der Waals surface area contributed by atoms with E-state index in [1.807, 2.05) is 18.2 Å². The fourth-order valence-corrected chi connectivity index (χ4v) is 10.3. The molecule has 0 fully saturated rings. The molecule has 0 aliphatic heterocycles. The lowest BCUT2D eigenvalue weighted by molar-refractivity contribution is -0.598. The third-order valence-corrected chi connectivity index (χ3v) is 13.7. The highest BCUT2D eigenvalue weighted by Crippen LogP contribution is 2.36. The first-order valence-corrected chi connectivity index (χ1v) is 21.5. The first-order chi connectivity index (χ1) is 31.1. The predicted molar refractivity (Wildman–Crippen MR) is 208 cm³/mol. The van der Waals surface area contributed by atoms with Crippen LogP contribution in [0.15, 0.2) is 54.6 Å². The second kappa shape index (κ2) is 21.9. The summed E-state index contributed by atoms with van der Waals surface area (Å²) >= 11 is 22.1. The normalized spacial score (nSPS) is 11.5. The highest BCUT2D eigenvalue weighted by atomic mass is 127. The van der Waals surface area contributed by atoms with Crippen molar-refractivity contribution < 1.29 is 106 Å². The SMILES string of the molecule is COCCOCCOc1ccccc1[I+]c1ccccc1.Fc1c(F)c(F)c([B-](c2c(F)c(F)c(F)c(F)c2Cl)(c2c(F)c(F)c(F)c(F)c2Cl)c2c(F)c(F)c(F)c(F)c2Cl)c(Cl)c1F. The van der Waals surface area contributed by atoms with Gasteiger partial charge >= 0.3 is 21.2 Å². The van der Waals surface area contributed by atoms with Gasteiger partial charge in [-0.2, -0.15) is 0 Å². The number of hydrogen-bond acceptors (Lipinski definition) is 3. The zero-order valence-corrected chi connectivity index (χ0v) is 37.4. The smallest absolute Gasteiger partial charge is 0.362 e. The van der Waals surface area contributed by atoms with Gasteiger partial charge < -0.3 is 14.2 Å². The predicted octanol–water partition coefficient (Wildman–Crippen LogP) is 7.76. The molecule has 0 radical (unpaired) electrons. The van der Waals surface area contributed by atoms with E-state index in [2.05, 4.69) is 36.4 Å². The van der Waals surface area contributed by atoms with E-state index < -0.39 is 141 Å². The van der Waals surface area contributed by atoms with Crippen LogP contribution in [-0.4, -0.2) is 39.7 Å². The van der Waals surface area contributed by atoms with Crippen LogP contribution in [0.2, 0.25) is 20.1 Å². The van der Waals surface area contributed by atoms with Gasteiger partial charge in [0.25, 0.3) is 0 Å². The van der Waals surface area contributed by atoms with Crippen LogP contribution in [0.3, 0.4) is 0 Å². The monoisotopic (exact) mass is 1140 g/mol. The molecule has 0 saturated carbocycles. The molecule has 352 valence electrons. The third kappa shape index (κ3) is 9.62. The van der Waals surface area contributed by atoms with E-state index in [9.17, 15) is 52.7 Å². The lowest BCUT2D eigenvalue weighted by atomic mass is 9.12. The maximum atomic E-state index is 15.8. The molecule has 0 bridgehead atoms. The van der Waals surface area contributed by atoms with Crippen LogP contribution in [0.1, 0.15) is 0 Å². The number of para-hydroxylation sites is 1. The zero-order chi connectivity index (χ0) is 49.1. The minimum Gasteiger partial charge on any atom is -0.486 e. The Morgan fingerprint density at radius 1 is 0.394 bits per heavy atom. The van der Waals surface area contributed by atoms with Crippen molar-refractivity contribution in [1.29, 1.82) is 0 Å². The summed E-state index contributed by atoms with van der Waals surface area (Å²) in [5, 5.41) is -9.69. The molecule has 0 saturated heterocycles. The Hall–Kier alpha value is -4.13. The van der Waals surface area contributed by atoms with Gasteiger partial charge in [-0.05, 0) is 24.3 Å². The maximum absolute atomic E-state index is 15.8. The first kappa shape index (κ1) is 52.8. The van der Waals surface area contributed by atoms with Gasteiger partial charge in [-0.25, -0.2) is 70.2 Å². The molecule has 0 heterocycles. The van der Waals surface area contributed by atoms with Crippen molar-refractivity contribution in [2.75, 3.05) is 33.5 Å². The lowest BCUT2D eigenvalue weighted by Gasteiger charge is -2.46. The Morgan fingerprint density at radius 3 is 1.08 bits per heavy atom. The van der Waals surface area contributed by atoms with Gasteiger partial charge in [-0.15, -0.1) is 21.9 Å². The molecule has 66 heavy (non-hydrogen) atoms. The second-order valence-electron chi connectivity index (χ2n) is 13.1. The second-order valence-corrected chi connectivity index (χ2v) is 17.5.